The Hall–Kier alpha value is -3.12. The van der Waals surface area contributed by atoms with Gasteiger partial charge in [-0.25, -0.2) is 14.3 Å². The average Bonchev–Trinajstić information content (AvgIpc) is 3.24. The number of hydrogen-bond donors (Lipinski definition) is 0. The van der Waals surface area contributed by atoms with Crippen molar-refractivity contribution in [2.75, 3.05) is 0 Å². The van der Waals surface area contributed by atoms with Crippen LogP contribution in [0.2, 0.25) is 5.02 Å². The monoisotopic (exact) mass is 353 g/mol. The first-order valence-electron chi connectivity index (χ1n) is 7.53. The van der Waals surface area contributed by atoms with Crippen LogP contribution >= 0.6 is 11.6 Å². The number of nitrogens with zero attached hydrogens (tertiary/aromatic N) is 3. The second kappa shape index (κ2) is 6.41. The fraction of sp³-hybridized carbons (Fsp3) is 0.0556. The molecule has 0 aliphatic heterocycles. The molecule has 0 spiro atoms. The molecular weight excluding hydrogens is 342 g/mol. The number of benzene rings is 2. The summed E-state index contributed by atoms with van der Waals surface area (Å²) in [7, 11) is 0. The van der Waals surface area contributed by atoms with E-state index in [2.05, 4.69) is 10.1 Å². The maximum absolute atomic E-state index is 12.0. The molecule has 2 heterocycles. The van der Waals surface area contributed by atoms with Gasteiger partial charge in [-0.15, -0.1) is 0 Å². The molecule has 0 saturated heterocycles. The van der Waals surface area contributed by atoms with Gasteiger partial charge in [0.25, 0.3) is 0 Å². The van der Waals surface area contributed by atoms with Gasteiger partial charge in [-0.2, -0.15) is 0 Å². The zero-order chi connectivity index (χ0) is 17.2. The highest BCUT2D eigenvalue weighted by Gasteiger charge is 2.16. The molecule has 0 saturated carbocycles. The maximum atomic E-state index is 12.0. The van der Waals surface area contributed by atoms with E-state index in [1.54, 1.807) is 18.3 Å². The minimum absolute atomic E-state index is 0.118. The normalized spacial score (nSPS) is 10.9. The summed E-state index contributed by atoms with van der Waals surface area (Å²) < 4.78 is 11.9. The molecule has 2 aromatic carbocycles. The van der Waals surface area contributed by atoms with Gasteiger partial charge in [-0.1, -0.05) is 59.2 Å². The van der Waals surface area contributed by atoms with Crippen LogP contribution in [-0.4, -0.2) is 14.7 Å². The Kier molecular flexibility index (Phi) is 3.95. The third-order valence-electron chi connectivity index (χ3n) is 3.67. The topological polar surface area (TPSA) is 74.1 Å². The molecule has 0 aliphatic carbocycles. The van der Waals surface area contributed by atoms with Crippen molar-refractivity contribution in [2.24, 2.45) is 0 Å². The van der Waals surface area contributed by atoms with Crippen LogP contribution in [0.5, 0.6) is 0 Å². The fourth-order valence-corrected chi connectivity index (χ4v) is 2.69. The molecule has 4 aromatic rings. The fourth-order valence-electron chi connectivity index (χ4n) is 2.50. The first kappa shape index (κ1) is 15.4. The smallest absolute Gasteiger partial charge is 0.439 e. The average molecular weight is 354 g/mol. The number of aromatic nitrogens is 3. The van der Waals surface area contributed by atoms with Crippen LogP contribution in [0.1, 0.15) is 5.89 Å². The van der Waals surface area contributed by atoms with Gasteiger partial charge in [0.1, 0.15) is 6.54 Å². The van der Waals surface area contributed by atoms with Crippen molar-refractivity contribution in [3.05, 3.63) is 82.3 Å². The van der Waals surface area contributed by atoms with E-state index in [4.69, 9.17) is 20.5 Å². The lowest BCUT2D eigenvalue weighted by atomic mass is 10.2. The number of hydrogen-bond acceptors (Lipinski definition) is 5. The largest absolute Gasteiger partial charge is 0.442 e. The third-order valence-corrected chi connectivity index (χ3v) is 3.91. The zero-order valence-electron chi connectivity index (χ0n) is 12.9. The molecule has 2 aromatic heterocycles. The van der Waals surface area contributed by atoms with E-state index >= 15 is 0 Å². The lowest BCUT2D eigenvalue weighted by Gasteiger charge is -2.02. The molecular formula is C18H12ClN3O3. The van der Waals surface area contributed by atoms with E-state index in [1.807, 2.05) is 42.5 Å². The lowest BCUT2D eigenvalue weighted by molar-refractivity contribution is 0.374. The van der Waals surface area contributed by atoms with Gasteiger partial charge in [-0.3, -0.25) is 4.52 Å². The summed E-state index contributed by atoms with van der Waals surface area (Å²) in [5.41, 5.74) is 1.59. The van der Waals surface area contributed by atoms with Gasteiger partial charge in [0.2, 0.25) is 5.89 Å². The number of oxazole rings is 1. The Morgan fingerprint density at radius 1 is 1.04 bits per heavy atom. The van der Waals surface area contributed by atoms with Crippen LogP contribution in [0.4, 0.5) is 0 Å². The lowest BCUT2D eigenvalue weighted by Crippen LogP contribution is -2.16. The van der Waals surface area contributed by atoms with Crippen molar-refractivity contribution < 1.29 is 8.94 Å². The first-order chi connectivity index (χ1) is 12.2. The molecule has 0 fully saturated rings. The predicted molar refractivity (Wildman–Crippen MR) is 92.2 cm³/mol. The minimum atomic E-state index is -0.568. The van der Waals surface area contributed by atoms with Gasteiger partial charge in [0.15, 0.2) is 11.6 Å². The van der Waals surface area contributed by atoms with Crippen molar-refractivity contribution in [3.63, 3.8) is 0 Å². The molecule has 4 rings (SSSR count). The first-order valence-corrected chi connectivity index (χ1v) is 7.91. The van der Waals surface area contributed by atoms with Gasteiger partial charge in [0, 0.05) is 16.1 Å². The number of rotatable bonds is 4. The zero-order valence-corrected chi connectivity index (χ0v) is 13.7. The van der Waals surface area contributed by atoms with Crippen LogP contribution in [0.15, 0.2) is 74.5 Å². The SMILES string of the molecule is O=c1onc(-c2ccccc2)n1Cc1ncc(-c2cccc(Cl)c2)o1. The second-order valence-electron chi connectivity index (χ2n) is 5.35. The summed E-state index contributed by atoms with van der Waals surface area (Å²) in [4.78, 5) is 16.2. The van der Waals surface area contributed by atoms with E-state index in [-0.39, 0.29) is 6.54 Å². The molecule has 25 heavy (non-hydrogen) atoms. The second-order valence-corrected chi connectivity index (χ2v) is 5.79. The van der Waals surface area contributed by atoms with Crippen LogP contribution in [0.3, 0.4) is 0 Å². The summed E-state index contributed by atoms with van der Waals surface area (Å²) in [5.74, 6) is 0.801. The predicted octanol–water partition coefficient (Wildman–Crippen LogP) is 3.86. The molecule has 0 unspecified atom stereocenters. The van der Waals surface area contributed by atoms with Crippen molar-refractivity contribution >= 4 is 11.6 Å². The Labute approximate surface area is 147 Å². The molecule has 7 heteroatoms. The molecule has 0 aliphatic rings. The molecule has 6 nitrogen and oxygen atoms in total. The van der Waals surface area contributed by atoms with Gasteiger partial charge in [0.05, 0.1) is 6.20 Å². The third kappa shape index (κ3) is 3.12. The molecule has 0 amide bonds. The van der Waals surface area contributed by atoms with E-state index in [1.165, 1.54) is 4.57 Å². The summed E-state index contributed by atoms with van der Waals surface area (Å²) in [6.07, 6.45) is 1.60. The summed E-state index contributed by atoms with van der Waals surface area (Å²) in [5, 5.41) is 4.46. The van der Waals surface area contributed by atoms with Crippen LogP contribution < -0.4 is 5.76 Å². The van der Waals surface area contributed by atoms with E-state index in [0.717, 1.165) is 11.1 Å². The van der Waals surface area contributed by atoms with Gasteiger partial charge in [-0.05, 0) is 12.1 Å². The summed E-state index contributed by atoms with van der Waals surface area (Å²) in [6, 6.07) is 16.6. The summed E-state index contributed by atoms with van der Waals surface area (Å²) >= 11 is 6.00. The van der Waals surface area contributed by atoms with E-state index in [9.17, 15) is 4.79 Å². The van der Waals surface area contributed by atoms with Gasteiger partial charge < -0.3 is 4.42 Å². The van der Waals surface area contributed by atoms with Crippen LogP contribution in [0, 0.1) is 0 Å². The van der Waals surface area contributed by atoms with Crippen molar-refractivity contribution in [1.29, 1.82) is 0 Å². The van der Waals surface area contributed by atoms with Crippen LogP contribution in [-0.2, 0) is 6.54 Å². The Bertz CT molecular complexity index is 1070. The van der Waals surface area contributed by atoms with E-state index in [0.29, 0.717) is 22.5 Å². The van der Waals surface area contributed by atoms with Crippen molar-refractivity contribution in [1.82, 2.24) is 14.7 Å². The molecule has 124 valence electrons. The highest BCUT2D eigenvalue weighted by molar-refractivity contribution is 6.30. The van der Waals surface area contributed by atoms with Crippen molar-refractivity contribution in [3.8, 4) is 22.7 Å². The van der Waals surface area contributed by atoms with E-state index < -0.39 is 5.76 Å². The van der Waals surface area contributed by atoms with Crippen LogP contribution in [0.25, 0.3) is 22.7 Å². The molecule has 0 radical (unpaired) electrons. The molecule has 0 N–H and O–H groups in total. The summed E-state index contributed by atoms with van der Waals surface area (Å²) in [6.45, 7) is 0.118. The molecule has 0 bridgehead atoms. The Morgan fingerprint density at radius 3 is 2.64 bits per heavy atom. The highest BCUT2D eigenvalue weighted by Crippen LogP contribution is 2.24. The quantitative estimate of drug-likeness (QED) is 0.557. The molecule has 0 atom stereocenters. The standard InChI is InChI=1S/C18H12ClN3O3/c19-14-8-4-7-13(9-14)15-10-20-16(24-15)11-22-17(21-25-18(22)23)12-5-2-1-3-6-12/h1-10H,11H2. The maximum Gasteiger partial charge on any atom is 0.442 e. The van der Waals surface area contributed by atoms with Gasteiger partial charge >= 0.3 is 5.76 Å². The number of halogens is 1. The Morgan fingerprint density at radius 2 is 1.84 bits per heavy atom. The highest BCUT2D eigenvalue weighted by atomic mass is 35.5. The van der Waals surface area contributed by atoms with Crippen molar-refractivity contribution in [2.45, 2.75) is 6.54 Å². The minimum Gasteiger partial charge on any atom is -0.439 e. The Balaban J connectivity index is 1.66.